The van der Waals surface area contributed by atoms with Gasteiger partial charge < -0.3 is 10.4 Å². The lowest BCUT2D eigenvalue weighted by molar-refractivity contribution is 0.0323. The molecule has 1 aromatic rings. The van der Waals surface area contributed by atoms with Gasteiger partial charge in [-0.2, -0.15) is 0 Å². The molecule has 2 N–H and O–H groups in total. The summed E-state index contributed by atoms with van der Waals surface area (Å²) in [5, 5.41) is 14.0. The number of rotatable bonds is 6. The van der Waals surface area contributed by atoms with Crippen LogP contribution in [0.5, 0.6) is 0 Å². The number of aliphatic hydroxyl groups is 1. The van der Waals surface area contributed by atoms with Gasteiger partial charge in [-0.25, -0.2) is 0 Å². The minimum Gasteiger partial charge on any atom is -0.384 e. The predicted octanol–water partition coefficient (Wildman–Crippen LogP) is 2.90. The molecule has 0 aromatic heterocycles. The molecule has 1 unspecified atom stereocenters. The number of aryl methyl sites for hydroxylation is 2. The quantitative estimate of drug-likeness (QED) is 0.743. The van der Waals surface area contributed by atoms with E-state index in [2.05, 4.69) is 44.3 Å². The molecule has 0 heterocycles. The zero-order valence-electron chi connectivity index (χ0n) is 11.5. The summed E-state index contributed by atoms with van der Waals surface area (Å²) in [4.78, 5) is 0. The first-order valence-electron chi connectivity index (χ1n) is 6.54. The number of nitrogens with one attached hydrogen (secondary N) is 1. The van der Waals surface area contributed by atoms with Crippen molar-refractivity contribution in [2.45, 2.75) is 46.1 Å². The molecule has 2 nitrogen and oxygen atoms in total. The third kappa shape index (κ3) is 3.55. The fraction of sp³-hybridized carbons (Fsp3) is 0.600. The van der Waals surface area contributed by atoms with E-state index in [4.69, 9.17) is 0 Å². The normalized spacial score (nSPS) is 14.6. The van der Waals surface area contributed by atoms with Gasteiger partial charge in [0.15, 0.2) is 0 Å². The standard InChI is InChI=1S/C15H25NO/c1-5-9-16-11-15(17,6-2)14-8-7-12(3)10-13(14)4/h7-8,10,16-17H,5-6,9,11H2,1-4H3. The van der Waals surface area contributed by atoms with Crippen molar-refractivity contribution in [1.82, 2.24) is 5.32 Å². The third-order valence-corrected chi connectivity index (χ3v) is 3.31. The summed E-state index contributed by atoms with van der Waals surface area (Å²) in [6, 6.07) is 6.26. The number of hydrogen-bond acceptors (Lipinski definition) is 2. The van der Waals surface area contributed by atoms with Gasteiger partial charge in [-0.1, -0.05) is 37.6 Å². The van der Waals surface area contributed by atoms with Crippen molar-refractivity contribution in [2.24, 2.45) is 0 Å². The summed E-state index contributed by atoms with van der Waals surface area (Å²) in [7, 11) is 0. The lowest BCUT2D eigenvalue weighted by Crippen LogP contribution is -2.38. The van der Waals surface area contributed by atoms with Crippen molar-refractivity contribution >= 4 is 0 Å². The lowest BCUT2D eigenvalue weighted by atomic mass is 9.87. The molecule has 0 aliphatic heterocycles. The molecular weight excluding hydrogens is 210 g/mol. The second-order valence-electron chi connectivity index (χ2n) is 4.88. The van der Waals surface area contributed by atoms with Gasteiger partial charge in [-0.15, -0.1) is 0 Å². The highest BCUT2D eigenvalue weighted by atomic mass is 16.3. The van der Waals surface area contributed by atoms with Gasteiger partial charge in [-0.3, -0.25) is 0 Å². The molecule has 17 heavy (non-hydrogen) atoms. The van der Waals surface area contributed by atoms with Crippen LogP contribution in [0.25, 0.3) is 0 Å². The molecule has 0 bridgehead atoms. The van der Waals surface area contributed by atoms with E-state index in [1.807, 2.05) is 6.92 Å². The van der Waals surface area contributed by atoms with Crippen LogP contribution in [-0.4, -0.2) is 18.2 Å². The Morgan fingerprint density at radius 1 is 1.24 bits per heavy atom. The van der Waals surface area contributed by atoms with Crippen molar-refractivity contribution < 1.29 is 5.11 Å². The Hall–Kier alpha value is -0.860. The van der Waals surface area contributed by atoms with E-state index >= 15 is 0 Å². The summed E-state index contributed by atoms with van der Waals surface area (Å²) in [6.07, 6.45) is 1.82. The van der Waals surface area contributed by atoms with Crippen molar-refractivity contribution in [1.29, 1.82) is 0 Å². The topological polar surface area (TPSA) is 32.3 Å². The summed E-state index contributed by atoms with van der Waals surface area (Å²) in [5.41, 5.74) is 2.72. The fourth-order valence-corrected chi connectivity index (χ4v) is 2.22. The van der Waals surface area contributed by atoms with Crippen molar-refractivity contribution in [3.63, 3.8) is 0 Å². The summed E-state index contributed by atoms with van der Waals surface area (Å²) in [5.74, 6) is 0. The van der Waals surface area contributed by atoms with E-state index in [1.165, 1.54) is 11.1 Å². The predicted molar refractivity (Wildman–Crippen MR) is 73.3 cm³/mol. The first-order chi connectivity index (χ1) is 8.03. The molecule has 0 saturated carbocycles. The van der Waals surface area contributed by atoms with E-state index in [0.717, 1.165) is 24.9 Å². The molecule has 0 aliphatic carbocycles. The van der Waals surface area contributed by atoms with Crippen molar-refractivity contribution in [3.8, 4) is 0 Å². The van der Waals surface area contributed by atoms with Crippen LogP contribution in [-0.2, 0) is 5.60 Å². The molecule has 0 spiro atoms. The molecule has 1 atom stereocenters. The number of benzene rings is 1. The fourth-order valence-electron chi connectivity index (χ4n) is 2.22. The molecule has 96 valence electrons. The second-order valence-corrected chi connectivity index (χ2v) is 4.88. The summed E-state index contributed by atoms with van der Waals surface area (Å²) < 4.78 is 0. The van der Waals surface area contributed by atoms with Gasteiger partial charge in [0.25, 0.3) is 0 Å². The molecule has 0 amide bonds. The highest BCUT2D eigenvalue weighted by molar-refractivity contribution is 5.35. The molecule has 0 aliphatic rings. The summed E-state index contributed by atoms with van der Waals surface area (Å²) >= 11 is 0. The van der Waals surface area contributed by atoms with E-state index in [1.54, 1.807) is 0 Å². The Morgan fingerprint density at radius 2 is 1.94 bits per heavy atom. The Kier molecular flexibility index (Phi) is 5.16. The van der Waals surface area contributed by atoms with Crippen LogP contribution in [0.1, 0.15) is 43.4 Å². The Labute approximate surface area is 105 Å². The van der Waals surface area contributed by atoms with Crippen LogP contribution < -0.4 is 5.32 Å². The summed E-state index contributed by atoms with van der Waals surface area (Å²) in [6.45, 7) is 9.90. The average molecular weight is 235 g/mol. The van der Waals surface area contributed by atoms with E-state index in [0.29, 0.717) is 6.54 Å². The Bertz CT molecular complexity index is 362. The minimum absolute atomic E-state index is 0.626. The average Bonchev–Trinajstić information content (AvgIpc) is 2.29. The van der Waals surface area contributed by atoms with Crippen LogP contribution in [0.4, 0.5) is 0 Å². The molecule has 2 heteroatoms. The lowest BCUT2D eigenvalue weighted by Gasteiger charge is -2.29. The molecule has 0 saturated heterocycles. The maximum absolute atomic E-state index is 10.7. The number of hydrogen-bond donors (Lipinski definition) is 2. The smallest absolute Gasteiger partial charge is 0.102 e. The van der Waals surface area contributed by atoms with Gasteiger partial charge in [0.1, 0.15) is 5.60 Å². The van der Waals surface area contributed by atoms with Crippen LogP contribution >= 0.6 is 0 Å². The maximum Gasteiger partial charge on any atom is 0.102 e. The molecule has 1 aromatic carbocycles. The zero-order valence-corrected chi connectivity index (χ0v) is 11.5. The van der Waals surface area contributed by atoms with Crippen LogP contribution in [0.3, 0.4) is 0 Å². The van der Waals surface area contributed by atoms with Crippen molar-refractivity contribution in [2.75, 3.05) is 13.1 Å². The second kappa shape index (κ2) is 6.18. The molecular formula is C15H25NO. The minimum atomic E-state index is -0.743. The SMILES string of the molecule is CCCNCC(O)(CC)c1ccc(C)cc1C. The van der Waals surface area contributed by atoms with Gasteiger partial charge in [0.05, 0.1) is 0 Å². The van der Waals surface area contributed by atoms with Crippen LogP contribution in [0, 0.1) is 13.8 Å². The van der Waals surface area contributed by atoms with Crippen LogP contribution in [0.15, 0.2) is 18.2 Å². The molecule has 0 radical (unpaired) electrons. The monoisotopic (exact) mass is 235 g/mol. The van der Waals surface area contributed by atoms with Gasteiger partial charge in [-0.05, 0) is 44.4 Å². The Balaban J connectivity index is 2.90. The zero-order chi connectivity index (χ0) is 12.9. The van der Waals surface area contributed by atoms with E-state index in [-0.39, 0.29) is 0 Å². The van der Waals surface area contributed by atoms with Crippen molar-refractivity contribution in [3.05, 3.63) is 34.9 Å². The maximum atomic E-state index is 10.7. The molecule has 1 rings (SSSR count). The molecule has 0 fully saturated rings. The first kappa shape index (κ1) is 14.2. The van der Waals surface area contributed by atoms with E-state index < -0.39 is 5.60 Å². The van der Waals surface area contributed by atoms with Gasteiger partial charge in [0, 0.05) is 6.54 Å². The van der Waals surface area contributed by atoms with Crippen LogP contribution in [0.2, 0.25) is 0 Å². The largest absolute Gasteiger partial charge is 0.384 e. The van der Waals surface area contributed by atoms with E-state index in [9.17, 15) is 5.11 Å². The highest BCUT2D eigenvalue weighted by Crippen LogP contribution is 2.27. The van der Waals surface area contributed by atoms with Gasteiger partial charge >= 0.3 is 0 Å². The van der Waals surface area contributed by atoms with Gasteiger partial charge in [0.2, 0.25) is 0 Å². The highest BCUT2D eigenvalue weighted by Gasteiger charge is 2.27. The third-order valence-electron chi connectivity index (χ3n) is 3.31. The first-order valence-corrected chi connectivity index (χ1v) is 6.54. The Morgan fingerprint density at radius 3 is 2.47 bits per heavy atom.